The number of rotatable bonds is 2. The van der Waals surface area contributed by atoms with Crippen LogP contribution in [0.5, 0.6) is 0 Å². The van der Waals surface area contributed by atoms with E-state index in [1.54, 1.807) is 19.9 Å². The Morgan fingerprint density at radius 1 is 1.78 bits per heavy atom. The molecule has 0 aromatic carbocycles. The molecule has 0 aromatic rings. The zero-order valence-corrected chi connectivity index (χ0v) is 6.14. The maximum absolute atomic E-state index is 10.1. The van der Waals surface area contributed by atoms with Crippen LogP contribution in [0, 0.1) is 0 Å². The van der Waals surface area contributed by atoms with Crippen molar-refractivity contribution in [3.05, 3.63) is 11.6 Å². The fraction of sp³-hybridized carbons (Fsp3) is 0.500. The lowest BCUT2D eigenvalue weighted by atomic mass is 10.2. The molecule has 0 aromatic heterocycles. The lowest BCUT2D eigenvalue weighted by molar-refractivity contribution is -0.135. The molecule has 0 aliphatic heterocycles. The Kier molecular flexibility index (Phi) is 3.32. The van der Waals surface area contributed by atoms with Gasteiger partial charge in [-0.25, -0.2) is 0 Å². The molecule has 0 saturated carbocycles. The van der Waals surface area contributed by atoms with Crippen LogP contribution in [-0.2, 0) is 4.79 Å². The molecule has 0 saturated heterocycles. The van der Waals surface area contributed by atoms with Crippen molar-refractivity contribution >= 4 is 17.6 Å². The Morgan fingerprint density at radius 3 is 2.33 bits per heavy atom. The van der Waals surface area contributed by atoms with Gasteiger partial charge in [0.2, 0.25) is 0 Å². The van der Waals surface area contributed by atoms with Gasteiger partial charge in [-0.2, -0.15) is 0 Å². The highest BCUT2D eigenvalue weighted by molar-refractivity contribution is 6.31. The maximum Gasteiger partial charge on any atom is 0.325 e. The van der Waals surface area contributed by atoms with Crippen molar-refractivity contribution in [1.29, 1.82) is 0 Å². The largest absolute Gasteiger partial charge is 0.480 e. The normalized spacial score (nSPS) is 15.2. The van der Waals surface area contributed by atoms with E-state index in [0.717, 1.165) is 0 Å². The first kappa shape index (κ1) is 8.50. The van der Waals surface area contributed by atoms with Crippen LogP contribution >= 0.6 is 11.6 Å². The summed E-state index contributed by atoms with van der Waals surface area (Å²) in [5.74, 6) is -0.993. The van der Waals surface area contributed by atoms with E-state index in [4.69, 9.17) is 16.7 Å². The molecule has 1 unspecified atom stereocenters. The summed E-state index contributed by atoms with van der Waals surface area (Å²) < 4.78 is 0. The van der Waals surface area contributed by atoms with Crippen molar-refractivity contribution in [3.8, 4) is 0 Å². The second kappa shape index (κ2) is 3.51. The third-order valence-electron chi connectivity index (χ3n) is 1.07. The average molecular weight is 149 g/mol. The molecule has 3 heteroatoms. The third kappa shape index (κ3) is 2.51. The number of hydrogen-bond acceptors (Lipinski definition) is 1. The first-order chi connectivity index (χ1) is 4.09. The van der Waals surface area contributed by atoms with Crippen LogP contribution in [0.2, 0.25) is 0 Å². The molecule has 0 aliphatic carbocycles. The molecule has 0 heterocycles. The number of alkyl halides is 1. The highest BCUT2D eigenvalue weighted by Gasteiger charge is 2.13. The Hall–Kier alpha value is -0.500. The molecule has 0 spiro atoms. The summed E-state index contributed by atoms with van der Waals surface area (Å²) in [6.45, 7) is 3.44. The van der Waals surface area contributed by atoms with Crippen LogP contribution < -0.4 is 0 Å². The molecule has 1 N–H and O–H groups in total. The van der Waals surface area contributed by atoms with E-state index in [1.807, 2.05) is 0 Å². The zero-order valence-electron chi connectivity index (χ0n) is 5.39. The molecule has 9 heavy (non-hydrogen) atoms. The molecule has 0 bridgehead atoms. The molecule has 0 rings (SSSR count). The van der Waals surface area contributed by atoms with Gasteiger partial charge in [0.05, 0.1) is 0 Å². The van der Waals surface area contributed by atoms with Crippen LogP contribution in [0.3, 0.4) is 0 Å². The van der Waals surface area contributed by atoms with E-state index < -0.39 is 11.3 Å². The summed E-state index contributed by atoms with van der Waals surface area (Å²) in [6, 6.07) is 0. The predicted octanol–water partition coefficient (Wildman–Crippen LogP) is 1.64. The number of carboxylic acids is 1. The number of halogens is 1. The van der Waals surface area contributed by atoms with Gasteiger partial charge in [-0.3, -0.25) is 4.79 Å². The molecule has 2 nitrogen and oxygen atoms in total. The maximum atomic E-state index is 10.1. The number of hydrogen-bond donors (Lipinski definition) is 1. The minimum atomic E-state index is -0.993. The van der Waals surface area contributed by atoms with Crippen LogP contribution in [0.1, 0.15) is 13.8 Å². The van der Waals surface area contributed by atoms with Crippen LogP contribution in [0.15, 0.2) is 11.6 Å². The van der Waals surface area contributed by atoms with Gasteiger partial charge in [-0.15, -0.1) is 11.6 Å². The lowest BCUT2D eigenvalue weighted by Crippen LogP contribution is -2.13. The first-order valence-electron chi connectivity index (χ1n) is 2.59. The van der Waals surface area contributed by atoms with E-state index in [-0.39, 0.29) is 0 Å². The van der Waals surface area contributed by atoms with Crippen LogP contribution in [0.25, 0.3) is 0 Å². The van der Waals surface area contributed by atoms with Gasteiger partial charge in [0.1, 0.15) is 0 Å². The quantitative estimate of drug-likeness (QED) is 0.478. The van der Waals surface area contributed by atoms with E-state index >= 15 is 0 Å². The Bertz CT molecular complexity index is 140. The number of carbonyl (C=O) groups is 1. The van der Waals surface area contributed by atoms with Crippen molar-refractivity contribution < 1.29 is 9.90 Å². The zero-order chi connectivity index (χ0) is 7.44. The second-order valence-electron chi connectivity index (χ2n) is 1.73. The van der Waals surface area contributed by atoms with Crippen molar-refractivity contribution in [1.82, 2.24) is 0 Å². The molecular formula is C6H9ClO2. The summed E-state index contributed by atoms with van der Waals surface area (Å²) in [6.07, 6.45) is 1.69. The van der Waals surface area contributed by atoms with Gasteiger partial charge >= 0.3 is 5.97 Å². The van der Waals surface area contributed by atoms with Gasteiger partial charge < -0.3 is 5.11 Å². The van der Waals surface area contributed by atoms with Crippen molar-refractivity contribution in [2.75, 3.05) is 0 Å². The Balaban J connectivity index is 4.04. The lowest BCUT2D eigenvalue weighted by Gasteiger charge is -2.01. The standard InChI is InChI=1S/C6H9ClO2/c1-3-4(2)5(7)6(8)9/h3,5H,1-2H3,(H,8,9)/b4-3+. The van der Waals surface area contributed by atoms with E-state index in [1.165, 1.54) is 0 Å². The van der Waals surface area contributed by atoms with Crippen LogP contribution in [-0.4, -0.2) is 16.5 Å². The summed E-state index contributed by atoms with van der Waals surface area (Å²) >= 11 is 5.40. The summed E-state index contributed by atoms with van der Waals surface area (Å²) in [5.41, 5.74) is 0.671. The number of allylic oxidation sites excluding steroid dienone is 1. The number of carboxylic acid groups (broad SMARTS) is 1. The smallest absolute Gasteiger partial charge is 0.325 e. The minimum absolute atomic E-state index is 0.671. The topological polar surface area (TPSA) is 37.3 Å². The molecular weight excluding hydrogens is 140 g/mol. The van der Waals surface area contributed by atoms with Crippen LogP contribution in [0.4, 0.5) is 0 Å². The minimum Gasteiger partial charge on any atom is -0.480 e. The highest BCUT2D eigenvalue weighted by Crippen LogP contribution is 2.07. The van der Waals surface area contributed by atoms with Crippen molar-refractivity contribution in [3.63, 3.8) is 0 Å². The molecule has 0 fully saturated rings. The van der Waals surface area contributed by atoms with Crippen molar-refractivity contribution in [2.24, 2.45) is 0 Å². The van der Waals surface area contributed by atoms with E-state index in [0.29, 0.717) is 5.57 Å². The summed E-state index contributed by atoms with van der Waals surface area (Å²) in [7, 11) is 0. The molecule has 0 aliphatic rings. The van der Waals surface area contributed by atoms with Gasteiger partial charge in [-0.1, -0.05) is 6.08 Å². The monoisotopic (exact) mass is 148 g/mol. The fourth-order valence-corrected chi connectivity index (χ4v) is 0.467. The first-order valence-corrected chi connectivity index (χ1v) is 3.03. The number of aliphatic carboxylic acids is 1. The summed E-state index contributed by atoms with van der Waals surface area (Å²) in [4.78, 5) is 10.1. The second-order valence-corrected chi connectivity index (χ2v) is 2.17. The molecule has 0 radical (unpaired) electrons. The van der Waals surface area contributed by atoms with Gasteiger partial charge in [0, 0.05) is 0 Å². The van der Waals surface area contributed by atoms with Gasteiger partial charge in [0.25, 0.3) is 0 Å². The molecule has 1 atom stereocenters. The molecule has 52 valence electrons. The third-order valence-corrected chi connectivity index (χ3v) is 1.60. The van der Waals surface area contributed by atoms with Gasteiger partial charge in [0.15, 0.2) is 5.38 Å². The Labute approximate surface area is 59.1 Å². The average Bonchev–Trinajstić information content (AvgIpc) is 1.84. The SMILES string of the molecule is C/C=C(\C)C(Cl)C(=O)O. The van der Waals surface area contributed by atoms with Crippen molar-refractivity contribution in [2.45, 2.75) is 19.2 Å². The summed E-state index contributed by atoms with van der Waals surface area (Å²) in [5, 5.41) is 7.44. The van der Waals surface area contributed by atoms with E-state index in [9.17, 15) is 4.79 Å². The highest BCUT2D eigenvalue weighted by atomic mass is 35.5. The fourth-order valence-electron chi connectivity index (χ4n) is 0.341. The van der Waals surface area contributed by atoms with Gasteiger partial charge in [-0.05, 0) is 19.4 Å². The molecule has 0 amide bonds. The Morgan fingerprint density at radius 2 is 2.22 bits per heavy atom. The predicted molar refractivity (Wildman–Crippen MR) is 36.7 cm³/mol. The van der Waals surface area contributed by atoms with E-state index in [2.05, 4.69) is 0 Å².